The van der Waals surface area contributed by atoms with Crippen molar-refractivity contribution in [3.63, 3.8) is 0 Å². The second kappa shape index (κ2) is 12.7. The van der Waals surface area contributed by atoms with Gasteiger partial charge in [-0.15, -0.1) is 0 Å². The van der Waals surface area contributed by atoms with E-state index in [1.54, 1.807) is 48.5 Å². The van der Waals surface area contributed by atoms with E-state index >= 15 is 0 Å². The van der Waals surface area contributed by atoms with Crippen LogP contribution in [0, 0.1) is 0 Å². The van der Waals surface area contributed by atoms with Gasteiger partial charge in [-0.1, -0.05) is 35.9 Å². The molecule has 3 N–H and O–H groups in total. The average Bonchev–Trinajstić information content (AvgIpc) is 2.97. The largest absolute Gasteiger partial charge is 0.497 e. The van der Waals surface area contributed by atoms with E-state index in [1.807, 2.05) is 0 Å². The third-order valence-electron chi connectivity index (χ3n) is 6.02. The van der Waals surface area contributed by atoms with Gasteiger partial charge in [0.1, 0.15) is 5.75 Å². The number of amides is 2. The van der Waals surface area contributed by atoms with Gasteiger partial charge < -0.3 is 20.5 Å². The first kappa shape index (κ1) is 28.0. The van der Waals surface area contributed by atoms with Crippen LogP contribution in [0.2, 0.25) is 5.02 Å². The highest BCUT2D eigenvalue weighted by atomic mass is 35.5. The fraction of sp³-hybridized carbons (Fsp3) is 0.100. The molecule has 1 unspecified atom stereocenters. The molecule has 0 saturated carbocycles. The summed E-state index contributed by atoms with van der Waals surface area (Å²) in [6.45, 7) is 0. The van der Waals surface area contributed by atoms with Crippen LogP contribution in [0.15, 0.2) is 91.3 Å². The molecular weight excluding hydrogens is 534 g/mol. The number of carboxylic acids is 1. The van der Waals surface area contributed by atoms with Crippen molar-refractivity contribution in [1.82, 2.24) is 10.3 Å². The molecule has 3 aromatic carbocycles. The van der Waals surface area contributed by atoms with Gasteiger partial charge in [0.15, 0.2) is 5.78 Å². The molecule has 1 aromatic heterocycles. The Hall–Kier alpha value is -5.02. The van der Waals surface area contributed by atoms with Crippen molar-refractivity contribution in [3.8, 4) is 5.75 Å². The number of aromatic nitrogens is 1. The summed E-state index contributed by atoms with van der Waals surface area (Å²) in [6, 6.07) is 19.5. The van der Waals surface area contributed by atoms with Gasteiger partial charge in [0, 0.05) is 29.1 Å². The van der Waals surface area contributed by atoms with Crippen molar-refractivity contribution >= 4 is 40.9 Å². The van der Waals surface area contributed by atoms with Gasteiger partial charge in [0.25, 0.3) is 11.8 Å². The fourth-order valence-electron chi connectivity index (χ4n) is 3.98. The van der Waals surface area contributed by atoms with Gasteiger partial charge in [-0.25, -0.2) is 0 Å². The molecule has 10 heteroatoms. The zero-order chi connectivity index (χ0) is 28.6. The first-order valence-electron chi connectivity index (χ1n) is 12.1. The summed E-state index contributed by atoms with van der Waals surface area (Å²) in [5, 5.41) is 15.0. The van der Waals surface area contributed by atoms with Crippen molar-refractivity contribution in [1.29, 1.82) is 0 Å². The maximum Gasteiger partial charge on any atom is 0.305 e. The Bertz CT molecular complexity index is 1560. The predicted octanol–water partition coefficient (Wildman–Crippen LogP) is 5.17. The number of anilines is 1. The molecule has 9 nitrogen and oxygen atoms in total. The highest BCUT2D eigenvalue weighted by Gasteiger charge is 2.23. The van der Waals surface area contributed by atoms with Crippen LogP contribution in [0.4, 0.5) is 5.69 Å². The van der Waals surface area contributed by atoms with E-state index in [-0.39, 0.29) is 33.8 Å². The van der Waals surface area contributed by atoms with Gasteiger partial charge in [-0.3, -0.25) is 24.2 Å². The number of hydrogen-bond donors (Lipinski definition) is 3. The summed E-state index contributed by atoms with van der Waals surface area (Å²) in [5.74, 6) is -2.06. The summed E-state index contributed by atoms with van der Waals surface area (Å²) in [7, 11) is 1.52. The summed E-state index contributed by atoms with van der Waals surface area (Å²) < 4.78 is 5.11. The number of pyridine rings is 1. The Morgan fingerprint density at radius 1 is 0.900 bits per heavy atom. The maximum atomic E-state index is 13.5. The van der Waals surface area contributed by atoms with Crippen LogP contribution >= 0.6 is 11.6 Å². The summed E-state index contributed by atoms with van der Waals surface area (Å²) in [6.07, 6.45) is 2.64. The van der Waals surface area contributed by atoms with Gasteiger partial charge in [-0.05, 0) is 60.2 Å². The molecule has 0 aliphatic carbocycles. The minimum atomic E-state index is -1.11. The number of rotatable bonds is 10. The Kier molecular flexibility index (Phi) is 8.88. The van der Waals surface area contributed by atoms with E-state index in [0.29, 0.717) is 16.9 Å². The quantitative estimate of drug-likeness (QED) is 0.229. The van der Waals surface area contributed by atoms with Gasteiger partial charge in [0.05, 0.1) is 35.8 Å². The van der Waals surface area contributed by atoms with Gasteiger partial charge in [0.2, 0.25) is 0 Å². The lowest BCUT2D eigenvalue weighted by atomic mass is 9.96. The van der Waals surface area contributed by atoms with Crippen molar-refractivity contribution in [2.24, 2.45) is 0 Å². The molecule has 0 saturated heterocycles. The third kappa shape index (κ3) is 6.69. The highest BCUT2D eigenvalue weighted by molar-refractivity contribution is 6.34. The number of nitrogens with one attached hydrogen (secondary N) is 2. The Labute approximate surface area is 234 Å². The maximum absolute atomic E-state index is 13.5. The lowest BCUT2D eigenvalue weighted by molar-refractivity contribution is -0.137. The van der Waals surface area contributed by atoms with E-state index in [1.165, 1.54) is 49.8 Å². The Morgan fingerprint density at radius 2 is 1.60 bits per heavy atom. The molecule has 202 valence electrons. The number of carbonyl (C=O) groups excluding carboxylic acids is 3. The molecule has 0 aliphatic rings. The van der Waals surface area contributed by atoms with Gasteiger partial charge >= 0.3 is 5.97 Å². The van der Waals surface area contributed by atoms with E-state index in [9.17, 15) is 24.3 Å². The van der Waals surface area contributed by atoms with Crippen LogP contribution in [0.5, 0.6) is 5.75 Å². The lowest BCUT2D eigenvalue weighted by Gasteiger charge is -2.18. The average molecular weight is 558 g/mol. The van der Waals surface area contributed by atoms with E-state index < -0.39 is 29.6 Å². The number of ether oxygens (including phenoxy) is 1. The topological polar surface area (TPSA) is 135 Å². The summed E-state index contributed by atoms with van der Waals surface area (Å²) in [4.78, 5) is 55.0. The summed E-state index contributed by atoms with van der Waals surface area (Å²) in [5.41, 5.74) is 1.43. The molecular formula is C30H24ClN3O6. The predicted molar refractivity (Wildman–Crippen MR) is 149 cm³/mol. The minimum absolute atomic E-state index is 0.0607. The van der Waals surface area contributed by atoms with E-state index in [4.69, 9.17) is 16.3 Å². The van der Waals surface area contributed by atoms with Crippen LogP contribution in [0.25, 0.3) is 0 Å². The standard InChI is InChI=1S/C30H24ClN3O6/c1-40-21-11-8-18(9-12-21)29(38)34-26-15-19(10-13-24(26)31)28(37)22-6-2-3-7-23(22)30(39)33-25(16-27(35)36)20-5-4-14-32-17-20/h2-15,17,25H,16H2,1H3,(H,33,39)(H,34,38)(H,35,36). The number of aliphatic carboxylic acids is 1. The zero-order valence-electron chi connectivity index (χ0n) is 21.3. The number of carbonyl (C=O) groups is 4. The highest BCUT2D eigenvalue weighted by Crippen LogP contribution is 2.26. The van der Waals surface area contributed by atoms with Crippen LogP contribution in [0.1, 0.15) is 54.7 Å². The van der Waals surface area contributed by atoms with Crippen LogP contribution in [0.3, 0.4) is 0 Å². The van der Waals surface area contributed by atoms with Crippen molar-refractivity contribution in [2.45, 2.75) is 12.5 Å². The smallest absolute Gasteiger partial charge is 0.305 e. The number of halogens is 1. The number of benzene rings is 3. The molecule has 2 amide bonds. The number of nitrogens with zero attached hydrogens (tertiary/aromatic N) is 1. The first-order valence-corrected chi connectivity index (χ1v) is 12.5. The van der Waals surface area contributed by atoms with Crippen LogP contribution in [-0.2, 0) is 4.79 Å². The van der Waals surface area contributed by atoms with Gasteiger partial charge in [-0.2, -0.15) is 0 Å². The second-order valence-electron chi connectivity index (χ2n) is 8.66. The molecule has 4 rings (SSSR count). The van der Waals surface area contributed by atoms with E-state index in [0.717, 1.165) is 0 Å². The molecule has 0 aliphatic heterocycles. The number of ketones is 1. The number of carboxylic acid groups (broad SMARTS) is 1. The first-order chi connectivity index (χ1) is 19.3. The molecule has 0 fully saturated rings. The normalized spacial score (nSPS) is 11.2. The van der Waals surface area contributed by atoms with Crippen molar-refractivity contribution in [3.05, 3.63) is 124 Å². The van der Waals surface area contributed by atoms with Crippen molar-refractivity contribution < 1.29 is 29.0 Å². The molecule has 1 heterocycles. The zero-order valence-corrected chi connectivity index (χ0v) is 22.0. The van der Waals surface area contributed by atoms with Crippen molar-refractivity contribution in [2.75, 3.05) is 12.4 Å². The number of hydrogen-bond acceptors (Lipinski definition) is 6. The molecule has 0 spiro atoms. The van der Waals surface area contributed by atoms with Crippen LogP contribution in [-0.4, -0.2) is 40.8 Å². The monoisotopic (exact) mass is 557 g/mol. The molecule has 1 atom stereocenters. The minimum Gasteiger partial charge on any atom is -0.497 e. The third-order valence-corrected chi connectivity index (χ3v) is 6.35. The number of methoxy groups -OCH3 is 1. The lowest BCUT2D eigenvalue weighted by Crippen LogP contribution is -2.31. The fourth-order valence-corrected chi connectivity index (χ4v) is 4.14. The van der Waals surface area contributed by atoms with Crippen LogP contribution < -0.4 is 15.4 Å². The molecule has 0 bridgehead atoms. The molecule has 40 heavy (non-hydrogen) atoms. The van der Waals surface area contributed by atoms with E-state index in [2.05, 4.69) is 15.6 Å². The molecule has 4 aromatic rings. The summed E-state index contributed by atoms with van der Waals surface area (Å²) >= 11 is 6.30. The second-order valence-corrected chi connectivity index (χ2v) is 9.07. The Balaban J connectivity index is 1.58. The molecule has 0 radical (unpaired) electrons. The SMILES string of the molecule is COc1ccc(C(=O)Nc2cc(C(=O)c3ccccc3C(=O)NC(CC(=O)O)c3cccnc3)ccc2Cl)cc1. The Morgan fingerprint density at radius 3 is 2.25 bits per heavy atom.